The Morgan fingerprint density at radius 1 is 1.19 bits per heavy atom. The third-order valence-corrected chi connectivity index (χ3v) is 3.97. The van der Waals surface area contributed by atoms with Gasteiger partial charge in [-0.05, 0) is 38.8 Å². The van der Waals surface area contributed by atoms with Crippen molar-refractivity contribution in [2.45, 2.75) is 65.6 Å². The predicted molar refractivity (Wildman–Crippen MR) is 83.2 cm³/mol. The van der Waals surface area contributed by atoms with E-state index in [0.29, 0.717) is 12.5 Å². The second kappa shape index (κ2) is 6.89. The molecule has 5 heteroatoms. The molecule has 2 aromatic rings. The van der Waals surface area contributed by atoms with Crippen LogP contribution in [0.15, 0.2) is 18.3 Å². The Balaban J connectivity index is 2.12. The standard InChI is InChI=1S/C16H26N4O/c1-5-12(4)20-9-8-14(18-20)11-16(21)15-10-13(6-2)17-19(15)7-3/h8-10,12,16,21H,5-7,11H2,1-4H3. The fourth-order valence-corrected chi connectivity index (χ4v) is 2.40. The summed E-state index contributed by atoms with van der Waals surface area (Å²) < 4.78 is 3.85. The highest BCUT2D eigenvalue weighted by Crippen LogP contribution is 2.20. The van der Waals surface area contributed by atoms with Crippen molar-refractivity contribution in [1.29, 1.82) is 0 Å². The van der Waals surface area contributed by atoms with E-state index in [1.807, 2.05) is 34.6 Å². The first-order valence-corrected chi connectivity index (χ1v) is 7.87. The predicted octanol–water partition coefficient (Wildman–Crippen LogP) is 2.91. The molecule has 0 saturated carbocycles. The summed E-state index contributed by atoms with van der Waals surface area (Å²) in [4.78, 5) is 0. The minimum absolute atomic E-state index is 0.392. The molecule has 0 aliphatic rings. The monoisotopic (exact) mass is 290 g/mol. The summed E-state index contributed by atoms with van der Waals surface area (Å²) in [6.07, 6.45) is 3.89. The van der Waals surface area contributed by atoms with Crippen LogP contribution in [0.2, 0.25) is 0 Å². The van der Waals surface area contributed by atoms with Gasteiger partial charge in [0, 0.05) is 25.2 Å². The third-order valence-electron chi connectivity index (χ3n) is 3.97. The van der Waals surface area contributed by atoms with E-state index in [9.17, 15) is 5.11 Å². The van der Waals surface area contributed by atoms with E-state index in [2.05, 4.69) is 31.0 Å². The highest BCUT2D eigenvalue weighted by atomic mass is 16.3. The lowest BCUT2D eigenvalue weighted by molar-refractivity contribution is 0.165. The van der Waals surface area contributed by atoms with Crippen LogP contribution in [0.25, 0.3) is 0 Å². The summed E-state index contributed by atoms with van der Waals surface area (Å²) >= 11 is 0. The summed E-state index contributed by atoms with van der Waals surface area (Å²) in [5.74, 6) is 0. The molecule has 116 valence electrons. The van der Waals surface area contributed by atoms with E-state index in [1.54, 1.807) is 0 Å². The molecule has 0 saturated heterocycles. The van der Waals surface area contributed by atoms with Crippen LogP contribution in [0.5, 0.6) is 0 Å². The fourth-order valence-electron chi connectivity index (χ4n) is 2.40. The van der Waals surface area contributed by atoms with E-state index < -0.39 is 6.10 Å². The lowest BCUT2D eigenvalue weighted by Gasteiger charge is -2.11. The minimum Gasteiger partial charge on any atom is -0.386 e. The molecule has 21 heavy (non-hydrogen) atoms. The molecule has 2 atom stereocenters. The number of nitrogens with zero attached hydrogens (tertiary/aromatic N) is 4. The Morgan fingerprint density at radius 3 is 2.57 bits per heavy atom. The van der Waals surface area contributed by atoms with Gasteiger partial charge in [0.25, 0.3) is 0 Å². The fraction of sp³-hybridized carbons (Fsp3) is 0.625. The zero-order valence-corrected chi connectivity index (χ0v) is 13.5. The normalized spacial score (nSPS) is 14.3. The second-order valence-electron chi connectivity index (χ2n) is 5.49. The molecule has 0 bridgehead atoms. The number of aliphatic hydroxyl groups excluding tert-OH is 1. The number of aromatic nitrogens is 4. The Hall–Kier alpha value is -1.62. The quantitative estimate of drug-likeness (QED) is 0.853. The molecule has 2 unspecified atom stereocenters. The van der Waals surface area contributed by atoms with Gasteiger partial charge in [0.1, 0.15) is 6.10 Å². The molecule has 0 amide bonds. The maximum Gasteiger partial charge on any atom is 0.101 e. The van der Waals surface area contributed by atoms with Crippen LogP contribution in [0, 0.1) is 0 Å². The molecule has 0 aliphatic carbocycles. The molecule has 2 aromatic heterocycles. The summed E-state index contributed by atoms with van der Waals surface area (Å²) in [5, 5.41) is 19.5. The van der Waals surface area contributed by atoms with Crippen molar-refractivity contribution in [3.63, 3.8) is 0 Å². The Labute approximate surface area is 126 Å². The number of aliphatic hydroxyl groups is 1. The number of hydrogen-bond donors (Lipinski definition) is 1. The Bertz CT molecular complexity index is 573. The van der Waals surface area contributed by atoms with E-state index in [1.165, 1.54) is 0 Å². The van der Waals surface area contributed by atoms with Crippen LogP contribution < -0.4 is 0 Å². The van der Waals surface area contributed by atoms with Gasteiger partial charge in [-0.1, -0.05) is 13.8 Å². The number of rotatable bonds is 7. The molecule has 5 nitrogen and oxygen atoms in total. The van der Waals surface area contributed by atoms with Crippen molar-refractivity contribution in [3.8, 4) is 0 Å². The van der Waals surface area contributed by atoms with Crippen molar-refractivity contribution in [3.05, 3.63) is 35.4 Å². The highest BCUT2D eigenvalue weighted by Gasteiger charge is 2.17. The first-order valence-electron chi connectivity index (χ1n) is 7.87. The molecular formula is C16H26N4O. The summed E-state index contributed by atoms with van der Waals surface area (Å²) in [6.45, 7) is 9.18. The van der Waals surface area contributed by atoms with Gasteiger partial charge < -0.3 is 5.11 Å². The molecule has 2 heterocycles. The van der Waals surface area contributed by atoms with Gasteiger partial charge in [-0.2, -0.15) is 10.2 Å². The maximum absolute atomic E-state index is 10.5. The van der Waals surface area contributed by atoms with Gasteiger partial charge in [-0.3, -0.25) is 9.36 Å². The largest absolute Gasteiger partial charge is 0.386 e. The third kappa shape index (κ3) is 3.53. The van der Waals surface area contributed by atoms with Crippen LogP contribution in [0.4, 0.5) is 0 Å². The van der Waals surface area contributed by atoms with E-state index >= 15 is 0 Å². The smallest absolute Gasteiger partial charge is 0.101 e. The summed E-state index contributed by atoms with van der Waals surface area (Å²) in [6, 6.07) is 4.38. The van der Waals surface area contributed by atoms with Gasteiger partial charge in [0.2, 0.25) is 0 Å². The van der Waals surface area contributed by atoms with Crippen LogP contribution >= 0.6 is 0 Å². The molecule has 0 spiro atoms. The van der Waals surface area contributed by atoms with Gasteiger partial charge >= 0.3 is 0 Å². The van der Waals surface area contributed by atoms with Crippen molar-refractivity contribution < 1.29 is 5.11 Å². The molecule has 0 radical (unpaired) electrons. The van der Waals surface area contributed by atoms with Crippen LogP contribution in [0.1, 0.15) is 63.3 Å². The highest BCUT2D eigenvalue weighted by molar-refractivity contribution is 5.15. The summed E-state index contributed by atoms with van der Waals surface area (Å²) in [5.41, 5.74) is 2.83. The van der Waals surface area contributed by atoms with Crippen LogP contribution in [0.3, 0.4) is 0 Å². The molecule has 0 aromatic carbocycles. The van der Waals surface area contributed by atoms with Crippen molar-refractivity contribution in [2.24, 2.45) is 0 Å². The van der Waals surface area contributed by atoms with E-state index in [-0.39, 0.29) is 0 Å². The van der Waals surface area contributed by atoms with E-state index in [4.69, 9.17) is 0 Å². The number of aryl methyl sites for hydroxylation is 2. The average Bonchev–Trinajstić information content (AvgIpc) is 3.12. The molecule has 0 aliphatic heterocycles. The maximum atomic E-state index is 10.5. The second-order valence-corrected chi connectivity index (χ2v) is 5.49. The van der Waals surface area contributed by atoms with Crippen LogP contribution in [-0.4, -0.2) is 24.7 Å². The average molecular weight is 290 g/mol. The van der Waals surface area contributed by atoms with Crippen molar-refractivity contribution >= 4 is 0 Å². The molecular weight excluding hydrogens is 264 g/mol. The van der Waals surface area contributed by atoms with Gasteiger partial charge in [0.15, 0.2) is 0 Å². The number of hydrogen-bond acceptors (Lipinski definition) is 3. The first kappa shape index (κ1) is 15.8. The Kier molecular flexibility index (Phi) is 5.17. The van der Waals surface area contributed by atoms with Crippen molar-refractivity contribution in [2.75, 3.05) is 0 Å². The van der Waals surface area contributed by atoms with Gasteiger partial charge in [-0.15, -0.1) is 0 Å². The first-order chi connectivity index (χ1) is 10.1. The molecule has 0 fully saturated rings. The Morgan fingerprint density at radius 2 is 1.95 bits per heavy atom. The minimum atomic E-state index is -0.557. The van der Waals surface area contributed by atoms with Gasteiger partial charge in [-0.25, -0.2) is 0 Å². The zero-order chi connectivity index (χ0) is 15.4. The van der Waals surface area contributed by atoms with Crippen molar-refractivity contribution in [1.82, 2.24) is 19.6 Å². The molecule has 2 rings (SSSR count). The zero-order valence-electron chi connectivity index (χ0n) is 13.5. The topological polar surface area (TPSA) is 55.9 Å². The van der Waals surface area contributed by atoms with Crippen LogP contribution in [-0.2, 0) is 19.4 Å². The SMILES string of the molecule is CCc1cc(C(O)Cc2ccn(C(C)CC)n2)n(CC)n1. The van der Waals surface area contributed by atoms with E-state index in [0.717, 1.165) is 36.5 Å². The lowest BCUT2D eigenvalue weighted by Crippen LogP contribution is -2.11. The lowest BCUT2D eigenvalue weighted by atomic mass is 10.1. The summed E-state index contributed by atoms with van der Waals surface area (Å²) in [7, 11) is 0. The van der Waals surface area contributed by atoms with Gasteiger partial charge in [0.05, 0.1) is 17.1 Å². The molecule has 1 N–H and O–H groups in total.